The van der Waals surface area contributed by atoms with E-state index in [4.69, 9.17) is 11.6 Å². The number of nitrogens with one attached hydrogen (secondary N) is 1. The van der Waals surface area contributed by atoms with Crippen LogP contribution in [0.5, 0.6) is 0 Å². The molecule has 0 saturated heterocycles. The Morgan fingerprint density at radius 3 is 2.52 bits per heavy atom. The van der Waals surface area contributed by atoms with Crippen molar-refractivity contribution in [2.45, 2.75) is 25.9 Å². The summed E-state index contributed by atoms with van der Waals surface area (Å²) >= 11 is 6.03. The van der Waals surface area contributed by atoms with E-state index in [2.05, 4.69) is 10.3 Å². The maximum atomic E-state index is 13.1. The minimum Gasteiger partial charge on any atom is -0.331 e. The topological polar surface area (TPSA) is 45.2 Å². The number of amides is 2. The quantitative estimate of drug-likeness (QED) is 0.903. The van der Waals surface area contributed by atoms with Gasteiger partial charge in [0.25, 0.3) is 0 Å². The molecule has 4 nitrogen and oxygen atoms in total. The molecule has 23 heavy (non-hydrogen) atoms. The molecule has 0 bridgehead atoms. The van der Waals surface area contributed by atoms with Crippen molar-refractivity contribution in [2.24, 2.45) is 0 Å². The van der Waals surface area contributed by atoms with E-state index >= 15 is 0 Å². The first kappa shape index (κ1) is 17.2. The Morgan fingerprint density at radius 2 is 1.91 bits per heavy atom. The summed E-state index contributed by atoms with van der Waals surface area (Å²) in [5.74, 6) is -0.402. The van der Waals surface area contributed by atoms with Crippen LogP contribution >= 0.6 is 11.6 Å². The maximum Gasteiger partial charge on any atom is 0.318 e. The number of rotatable bonds is 4. The standard InChI is InChI=1S/C17H19ClFN3O/c1-11(15-5-4-14(19)10-16(15)18)21-17(23)22(3)12(2)13-6-8-20-9-7-13/h4-12H,1-3H3,(H,21,23)/t11-,12-/m0/s1. The van der Waals surface area contributed by atoms with E-state index in [9.17, 15) is 9.18 Å². The van der Waals surface area contributed by atoms with Crippen molar-refractivity contribution in [1.29, 1.82) is 0 Å². The molecule has 1 heterocycles. The third kappa shape index (κ3) is 4.20. The van der Waals surface area contributed by atoms with Gasteiger partial charge in [-0.3, -0.25) is 4.98 Å². The van der Waals surface area contributed by atoms with Gasteiger partial charge in [-0.25, -0.2) is 9.18 Å². The number of hydrogen-bond donors (Lipinski definition) is 1. The van der Waals surface area contributed by atoms with Gasteiger partial charge in [0.1, 0.15) is 5.82 Å². The van der Waals surface area contributed by atoms with Crippen LogP contribution in [0.25, 0.3) is 0 Å². The van der Waals surface area contributed by atoms with Crippen LogP contribution in [0.2, 0.25) is 5.02 Å². The van der Waals surface area contributed by atoms with Crippen molar-refractivity contribution >= 4 is 17.6 Å². The molecule has 2 atom stereocenters. The van der Waals surface area contributed by atoms with E-state index in [1.165, 1.54) is 12.1 Å². The van der Waals surface area contributed by atoms with Crippen LogP contribution in [0.1, 0.15) is 37.1 Å². The van der Waals surface area contributed by atoms with Gasteiger partial charge in [0, 0.05) is 24.5 Å². The molecule has 2 rings (SSSR count). The second kappa shape index (κ2) is 7.42. The summed E-state index contributed by atoms with van der Waals surface area (Å²) in [7, 11) is 1.72. The second-order valence-electron chi connectivity index (χ2n) is 5.40. The number of nitrogens with zero attached hydrogens (tertiary/aromatic N) is 2. The molecule has 0 saturated carbocycles. The molecule has 1 aromatic carbocycles. The van der Waals surface area contributed by atoms with Crippen LogP contribution in [-0.4, -0.2) is 23.0 Å². The van der Waals surface area contributed by atoms with E-state index in [-0.39, 0.29) is 18.1 Å². The van der Waals surface area contributed by atoms with Crippen molar-refractivity contribution in [3.8, 4) is 0 Å². The van der Waals surface area contributed by atoms with Crippen molar-refractivity contribution in [3.05, 3.63) is 64.7 Å². The van der Waals surface area contributed by atoms with E-state index in [1.807, 2.05) is 26.0 Å². The highest BCUT2D eigenvalue weighted by atomic mass is 35.5. The third-order valence-corrected chi connectivity index (χ3v) is 4.19. The molecule has 0 aliphatic heterocycles. The Balaban J connectivity index is 2.05. The van der Waals surface area contributed by atoms with E-state index in [1.54, 1.807) is 30.4 Å². The molecule has 0 spiro atoms. The summed E-state index contributed by atoms with van der Waals surface area (Å²) in [6.45, 7) is 3.74. The highest BCUT2D eigenvalue weighted by molar-refractivity contribution is 6.31. The summed E-state index contributed by atoms with van der Waals surface area (Å²) in [5.41, 5.74) is 1.66. The Kier molecular flexibility index (Phi) is 5.55. The first-order valence-electron chi connectivity index (χ1n) is 7.28. The summed E-state index contributed by atoms with van der Waals surface area (Å²) in [6.07, 6.45) is 3.39. The minimum atomic E-state index is -0.402. The summed E-state index contributed by atoms with van der Waals surface area (Å²) in [4.78, 5) is 18.0. The van der Waals surface area contributed by atoms with Gasteiger partial charge in [-0.2, -0.15) is 0 Å². The zero-order valence-corrected chi connectivity index (χ0v) is 14.0. The van der Waals surface area contributed by atoms with E-state index < -0.39 is 5.82 Å². The minimum absolute atomic E-state index is 0.103. The van der Waals surface area contributed by atoms with Gasteiger partial charge in [0.15, 0.2) is 0 Å². The van der Waals surface area contributed by atoms with Crippen molar-refractivity contribution < 1.29 is 9.18 Å². The molecule has 0 radical (unpaired) electrons. The first-order valence-corrected chi connectivity index (χ1v) is 7.66. The number of halogens is 2. The van der Waals surface area contributed by atoms with Crippen molar-refractivity contribution in [2.75, 3.05) is 7.05 Å². The summed E-state index contributed by atoms with van der Waals surface area (Å²) in [5, 5.41) is 3.17. The fourth-order valence-electron chi connectivity index (χ4n) is 2.26. The molecule has 2 aromatic rings. The number of carbonyl (C=O) groups is 1. The average molecular weight is 336 g/mol. The molecule has 0 aliphatic carbocycles. The molecule has 122 valence electrons. The van der Waals surface area contributed by atoms with Gasteiger partial charge in [0.2, 0.25) is 0 Å². The van der Waals surface area contributed by atoms with Crippen molar-refractivity contribution in [1.82, 2.24) is 15.2 Å². The Hall–Kier alpha value is -2.14. The predicted molar refractivity (Wildman–Crippen MR) is 88.8 cm³/mol. The van der Waals surface area contributed by atoms with Crippen LogP contribution in [0.3, 0.4) is 0 Å². The van der Waals surface area contributed by atoms with E-state index in [0.29, 0.717) is 10.6 Å². The van der Waals surface area contributed by atoms with Crippen LogP contribution in [0.15, 0.2) is 42.7 Å². The number of aromatic nitrogens is 1. The van der Waals surface area contributed by atoms with Gasteiger partial charge in [-0.05, 0) is 49.2 Å². The highest BCUT2D eigenvalue weighted by Gasteiger charge is 2.20. The lowest BCUT2D eigenvalue weighted by Gasteiger charge is -2.27. The van der Waals surface area contributed by atoms with Crippen LogP contribution in [0, 0.1) is 5.82 Å². The van der Waals surface area contributed by atoms with Gasteiger partial charge >= 0.3 is 6.03 Å². The molecule has 6 heteroatoms. The Morgan fingerprint density at radius 1 is 1.26 bits per heavy atom. The normalized spacial score (nSPS) is 13.3. The SMILES string of the molecule is C[C@H](NC(=O)N(C)[C@@H](C)c1ccncc1)c1ccc(F)cc1Cl. The lowest BCUT2D eigenvalue weighted by molar-refractivity contribution is 0.191. The number of hydrogen-bond acceptors (Lipinski definition) is 2. The zero-order valence-electron chi connectivity index (χ0n) is 13.3. The molecular weight excluding hydrogens is 317 g/mol. The average Bonchev–Trinajstić information content (AvgIpc) is 2.54. The monoisotopic (exact) mass is 335 g/mol. The smallest absolute Gasteiger partial charge is 0.318 e. The molecular formula is C17H19ClFN3O. The number of urea groups is 1. The molecule has 0 aliphatic rings. The zero-order chi connectivity index (χ0) is 17.0. The molecule has 1 N–H and O–H groups in total. The van der Waals surface area contributed by atoms with Crippen LogP contribution in [0.4, 0.5) is 9.18 Å². The Bertz CT molecular complexity index is 681. The van der Waals surface area contributed by atoms with Gasteiger partial charge < -0.3 is 10.2 Å². The fraction of sp³-hybridized carbons (Fsp3) is 0.294. The highest BCUT2D eigenvalue weighted by Crippen LogP contribution is 2.24. The number of benzene rings is 1. The fourth-order valence-corrected chi connectivity index (χ4v) is 2.59. The maximum absolute atomic E-state index is 13.1. The molecule has 2 amide bonds. The number of pyridine rings is 1. The van der Waals surface area contributed by atoms with Gasteiger partial charge in [-0.15, -0.1) is 0 Å². The largest absolute Gasteiger partial charge is 0.331 e. The first-order chi connectivity index (χ1) is 10.9. The molecule has 1 aromatic heterocycles. The summed E-state index contributed by atoms with van der Waals surface area (Å²) < 4.78 is 13.1. The van der Waals surface area contributed by atoms with Crippen molar-refractivity contribution in [3.63, 3.8) is 0 Å². The van der Waals surface area contributed by atoms with Crippen LogP contribution in [-0.2, 0) is 0 Å². The van der Waals surface area contributed by atoms with Gasteiger partial charge in [-0.1, -0.05) is 17.7 Å². The van der Waals surface area contributed by atoms with Gasteiger partial charge in [0.05, 0.1) is 12.1 Å². The van der Waals surface area contributed by atoms with Crippen LogP contribution < -0.4 is 5.32 Å². The second-order valence-corrected chi connectivity index (χ2v) is 5.81. The predicted octanol–water partition coefficient (Wildman–Crippen LogP) is 4.34. The third-order valence-electron chi connectivity index (χ3n) is 3.86. The number of carbonyl (C=O) groups excluding carboxylic acids is 1. The lowest BCUT2D eigenvalue weighted by Crippen LogP contribution is -2.40. The summed E-state index contributed by atoms with van der Waals surface area (Å²) in [6, 6.07) is 7.22. The lowest BCUT2D eigenvalue weighted by atomic mass is 10.1. The van der Waals surface area contributed by atoms with E-state index in [0.717, 1.165) is 5.56 Å². The molecule has 0 fully saturated rings. The molecule has 0 unspecified atom stereocenters. The Labute approximate surface area is 140 Å².